The van der Waals surface area contributed by atoms with Crippen molar-refractivity contribution in [2.75, 3.05) is 26.8 Å². The largest absolute Gasteiger partial charge is 0.481 e. The van der Waals surface area contributed by atoms with E-state index in [-0.39, 0.29) is 23.7 Å². The van der Waals surface area contributed by atoms with E-state index in [1.54, 1.807) is 7.11 Å². The Bertz CT molecular complexity index is 666. The van der Waals surface area contributed by atoms with Crippen molar-refractivity contribution in [1.29, 1.82) is 0 Å². The van der Waals surface area contributed by atoms with Gasteiger partial charge in [-0.05, 0) is 37.1 Å². The molecule has 3 rings (SSSR count). The van der Waals surface area contributed by atoms with Crippen LogP contribution in [0.15, 0.2) is 18.2 Å². The molecule has 2 fully saturated rings. The van der Waals surface area contributed by atoms with Crippen molar-refractivity contribution < 1.29 is 24.5 Å². The van der Waals surface area contributed by atoms with Gasteiger partial charge in [0.05, 0.1) is 29.5 Å². The topological polar surface area (TPSA) is 95.9 Å². The maximum atomic E-state index is 9.64. The van der Waals surface area contributed by atoms with E-state index in [0.29, 0.717) is 10.0 Å². The van der Waals surface area contributed by atoms with Crippen molar-refractivity contribution in [3.05, 3.63) is 33.8 Å². The molecule has 1 aromatic carbocycles. The second-order valence-electron chi connectivity index (χ2n) is 6.82. The van der Waals surface area contributed by atoms with Crippen LogP contribution in [-0.4, -0.2) is 49.0 Å². The molecule has 0 spiro atoms. The number of carboxylic acids is 2. The zero-order valence-electron chi connectivity index (χ0n) is 14.6. The Hall–Kier alpha value is -1.34. The van der Waals surface area contributed by atoms with E-state index in [9.17, 15) is 9.59 Å². The average Bonchev–Trinajstić information content (AvgIpc) is 3.26. The molecule has 26 heavy (non-hydrogen) atoms. The van der Waals surface area contributed by atoms with E-state index >= 15 is 0 Å². The normalized spacial score (nSPS) is 26.3. The number of carboxylic acid groups (broad SMARTS) is 2. The van der Waals surface area contributed by atoms with Crippen LogP contribution in [0.3, 0.4) is 0 Å². The first-order valence-corrected chi connectivity index (χ1v) is 9.11. The van der Waals surface area contributed by atoms with E-state index in [1.807, 2.05) is 12.1 Å². The SMILES string of the molecule is COC[C@]12CNCC[C@@]1(c1ccc(Cl)c(Cl)c1)C2.O=C(O)CCC(=O)O. The number of rotatable bonds is 6. The predicted octanol–water partition coefficient (Wildman–Crippen LogP) is 3.20. The number of aliphatic carboxylic acids is 2. The molecule has 2 aliphatic rings. The lowest BCUT2D eigenvalue weighted by atomic mass is 9.81. The summed E-state index contributed by atoms with van der Waals surface area (Å²) in [6.45, 7) is 2.90. The minimum absolute atomic E-state index is 0.239. The quantitative estimate of drug-likeness (QED) is 0.674. The lowest BCUT2D eigenvalue weighted by Gasteiger charge is -2.31. The summed E-state index contributed by atoms with van der Waals surface area (Å²) in [5.74, 6) is -2.15. The summed E-state index contributed by atoms with van der Waals surface area (Å²) in [5.41, 5.74) is 1.80. The molecule has 0 amide bonds. The van der Waals surface area contributed by atoms with Crippen LogP contribution < -0.4 is 5.32 Å². The number of halogens is 2. The molecule has 1 aliphatic carbocycles. The van der Waals surface area contributed by atoms with Gasteiger partial charge in [0.15, 0.2) is 0 Å². The van der Waals surface area contributed by atoms with Crippen molar-refractivity contribution in [2.24, 2.45) is 5.41 Å². The second kappa shape index (κ2) is 8.57. The fourth-order valence-electron chi connectivity index (χ4n) is 3.82. The molecule has 1 saturated carbocycles. The standard InChI is InChI=1S/C14H17Cl2NO.C4H6O4/c1-18-9-13-7-14(13,4-5-17-8-13)10-2-3-11(15)12(16)6-10;5-3(6)1-2-4(7)8/h2-3,6,17H,4-5,7-9H2,1H3;1-2H2,(H,5,6)(H,7,8)/t13-,14-;/m0./s1. The molecule has 1 heterocycles. The highest BCUT2D eigenvalue weighted by molar-refractivity contribution is 6.42. The second-order valence-corrected chi connectivity index (χ2v) is 7.63. The maximum absolute atomic E-state index is 9.64. The van der Waals surface area contributed by atoms with Crippen molar-refractivity contribution >= 4 is 35.1 Å². The van der Waals surface area contributed by atoms with Crippen LogP contribution >= 0.6 is 23.2 Å². The Kier molecular flexibility index (Phi) is 6.91. The number of fused-ring (bicyclic) bond motifs is 1. The third kappa shape index (κ3) is 4.49. The number of benzene rings is 1. The third-order valence-corrected chi connectivity index (χ3v) is 5.91. The molecule has 0 unspecified atom stereocenters. The highest BCUT2D eigenvalue weighted by Gasteiger charge is 2.68. The maximum Gasteiger partial charge on any atom is 0.303 e. The number of methoxy groups -OCH3 is 1. The molecule has 2 atom stereocenters. The van der Waals surface area contributed by atoms with Crippen molar-refractivity contribution in [3.63, 3.8) is 0 Å². The highest BCUT2D eigenvalue weighted by Crippen LogP contribution is 2.67. The van der Waals surface area contributed by atoms with E-state index in [2.05, 4.69) is 11.4 Å². The smallest absolute Gasteiger partial charge is 0.303 e. The molecular weight excluding hydrogens is 381 g/mol. The summed E-state index contributed by atoms with van der Waals surface area (Å²) in [6, 6.07) is 6.06. The summed E-state index contributed by atoms with van der Waals surface area (Å²) in [4.78, 5) is 19.3. The lowest BCUT2D eigenvalue weighted by molar-refractivity contribution is -0.143. The minimum Gasteiger partial charge on any atom is -0.481 e. The van der Waals surface area contributed by atoms with Gasteiger partial charge in [-0.1, -0.05) is 29.3 Å². The minimum atomic E-state index is -1.08. The fourth-order valence-corrected chi connectivity index (χ4v) is 4.12. The van der Waals surface area contributed by atoms with Crippen molar-refractivity contribution in [2.45, 2.75) is 31.1 Å². The fraction of sp³-hybridized carbons (Fsp3) is 0.556. The molecule has 0 radical (unpaired) electrons. The Morgan fingerprint density at radius 2 is 1.85 bits per heavy atom. The molecule has 6 nitrogen and oxygen atoms in total. The zero-order chi connectivity index (χ0) is 19.4. The molecule has 0 aromatic heterocycles. The highest BCUT2D eigenvalue weighted by atomic mass is 35.5. The average molecular weight is 404 g/mol. The molecule has 144 valence electrons. The van der Waals surface area contributed by atoms with Crippen LogP contribution in [0.1, 0.15) is 31.2 Å². The first-order chi connectivity index (χ1) is 12.3. The molecule has 1 aliphatic heterocycles. The summed E-state index contributed by atoms with van der Waals surface area (Å²) < 4.78 is 5.43. The molecule has 3 N–H and O–H groups in total. The first-order valence-electron chi connectivity index (χ1n) is 8.35. The molecule has 1 aromatic rings. The van der Waals surface area contributed by atoms with E-state index in [4.69, 9.17) is 38.2 Å². The van der Waals surface area contributed by atoms with Gasteiger partial charge in [0, 0.05) is 24.5 Å². The number of carbonyl (C=O) groups is 2. The summed E-state index contributed by atoms with van der Waals surface area (Å²) in [6.07, 6.45) is 1.73. The zero-order valence-corrected chi connectivity index (χ0v) is 16.1. The number of nitrogens with one attached hydrogen (secondary N) is 1. The number of piperidine rings is 1. The number of hydrogen-bond acceptors (Lipinski definition) is 4. The number of ether oxygens (including phenoxy) is 1. The Balaban J connectivity index is 0.000000260. The van der Waals surface area contributed by atoms with E-state index in [0.717, 1.165) is 26.1 Å². The van der Waals surface area contributed by atoms with Crippen molar-refractivity contribution in [1.82, 2.24) is 5.32 Å². The van der Waals surface area contributed by atoms with Crippen LogP contribution in [0.25, 0.3) is 0 Å². The van der Waals surface area contributed by atoms with Crippen LogP contribution in [0, 0.1) is 5.41 Å². The van der Waals surface area contributed by atoms with E-state index < -0.39 is 11.9 Å². The van der Waals surface area contributed by atoms with Gasteiger partial charge in [-0.25, -0.2) is 0 Å². The van der Waals surface area contributed by atoms with Gasteiger partial charge in [0.25, 0.3) is 0 Å². The summed E-state index contributed by atoms with van der Waals surface area (Å²) in [5, 5.41) is 20.6. The lowest BCUT2D eigenvalue weighted by Crippen LogP contribution is -2.40. The Morgan fingerprint density at radius 1 is 1.19 bits per heavy atom. The molecular formula is C18H23Cl2NO5. The number of hydrogen-bond donors (Lipinski definition) is 3. The molecule has 8 heteroatoms. The van der Waals surface area contributed by atoms with Gasteiger partial charge >= 0.3 is 11.9 Å². The van der Waals surface area contributed by atoms with E-state index in [1.165, 1.54) is 12.0 Å². The molecule has 0 bridgehead atoms. The first kappa shape index (κ1) is 21.0. The van der Waals surface area contributed by atoms with Gasteiger partial charge in [0.1, 0.15) is 0 Å². The Morgan fingerprint density at radius 3 is 2.38 bits per heavy atom. The monoisotopic (exact) mass is 403 g/mol. The van der Waals surface area contributed by atoms with Crippen LogP contribution in [0.4, 0.5) is 0 Å². The van der Waals surface area contributed by atoms with Crippen molar-refractivity contribution in [3.8, 4) is 0 Å². The van der Waals surface area contributed by atoms with Crippen LogP contribution in [-0.2, 0) is 19.7 Å². The molecule has 1 saturated heterocycles. The van der Waals surface area contributed by atoms with Gasteiger partial charge in [0.2, 0.25) is 0 Å². The third-order valence-electron chi connectivity index (χ3n) is 5.17. The Labute approximate surface area is 162 Å². The van der Waals surface area contributed by atoms with Gasteiger partial charge in [-0.15, -0.1) is 0 Å². The van der Waals surface area contributed by atoms with Crippen LogP contribution in [0.5, 0.6) is 0 Å². The van der Waals surface area contributed by atoms with Gasteiger partial charge < -0.3 is 20.3 Å². The summed E-state index contributed by atoms with van der Waals surface area (Å²) in [7, 11) is 1.78. The van der Waals surface area contributed by atoms with Crippen LogP contribution in [0.2, 0.25) is 10.0 Å². The van der Waals surface area contributed by atoms with Gasteiger partial charge in [-0.3, -0.25) is 9.59 Å². The van der Waals surface area contributed by atoms with Gasteiger partial charge in [-0.2, -0.15) is 0 Å². The predicted molar refractivity (Wildman–Crippen MR) is 99.1 cm³/mol. The summed E-state index contributed by atoms with van der Waals surface area (Å²) >= 11 is 12.2.